The molecule has 2 aromatic carbocycles. The number of aromatic nitrogens is 2. The van der Waals surface area contributed by atoms with E-state index >= 15 is 0 Å². The summed E-state index contributed by atoms with van der Waals surface area (Å²) < 4.78 is 0. The number of aryl methyl sites for hydroxylation is 2. The van der Waals surface area contributed by atoms with Gasteiger partial charge in [-0.3, -0.25) is 4.79 Å². The first-order valence-electron chi connectivity index (χ1n) is 9.30. The summed E-state index contributed by atoms with van der Waals surface area (Å²) in [5.41, 5.74) is 5.67. The summed E-state index contributed by atoms with van der Waals surface area (Å²) in [6.45, 7) is 10.5. The second kappa shape index (κ2) is 7.80. The van der Waals surface area contributed by atoms with Crippen molar-refractivity contribution < 1.29 is 4.79 Å². The van der Waals surface area contributed by atoms with E-state index in [2.05, 4.69) is 47.4 Å². The van der Waals surface area contributed by atoms with Crippen LogP contribution in [0.3, 0.4) is 0 Å². The van der Waals surface area contributed by atoms with Crippen molar-refractivity contribution in [1.29, 1.82) is 0 Å². The van der Waals surface area contributed by atoms with Crippen molar-refractivity contribution in [3.05, 3.63) is 77.1 Å². The van der Waals surface area contributed by atoms with Gasteiger partial charge in [-0.2, -0.15) is 0 Å². The summed E-state index contributed by atoms with van der Waals surface area (Å²) in [5, 5.41) is 6.08. The lowest BCUT2D eigenvalue weighted by atomic mass is 9.87. The lowest BCUT2D eigenvalue weighted by Crippen LogP contribution is -2.14. The van der Waals surface area contributed by atoms with E-state index in [-0.39, 0.29) is 11.3 Å². The third-order valence-electron chi connectivity index (χ3n) is 4.56. The summed E-state index contributed by atoms with van der Waals surface area (Å²) in [4.78, 5) is 21.0. The van der Waals surface area contributed by atoms with Crippen LogP contribution in [0.25, 0.3) is 0 Å². The van der Waals surface area contributed by atoms with Gasteiger partial charge in [-0.25, -0.2) is 9.97 Å². The van der Waals surface area contributed by atoms with Crippen LogP contribution in [0, 0.1) is 13.8 Å². The van der Waals surface area contributed by atoms with Gasteiger partial charge in [-0.15, -0.1) is 0 Å². The van der Waals surface area contributed by atoms with Gasteiger partial charge in [0.1, 0.15) is 0 Å². The first kappa shape index (κ1) is 19.5. The van der Waals surface area contributed by atoms with Crippen LogP contribution in [0.2, 0.25) is 0 Å². The Morgan fingerprint density at radius 1 is 0.929 bits per heavy atom. The SMILES string of the molecule is Cc1ccc(C)c(Nc2ncc(C(=O)Nc3ccc(C(C)(C)C)cc3)cn2)c1. The second-order valence-electron chi connectivity index (χ2n) is 8.02. The number of carbonyl (C=O) groups is 1. The summed E-state index contributed by atoms with van der Waals surface area (Å²) in [7, 11) is 0. The molecule has 5 nitrogen and oxygen atoms in total. The molecule has 0 atom stereocenters. The molecule has 0 aliphatic heterocycles. The van der Waals surface area contributed by atoms with E-state index in [9.17, 15) is 4.79 Å². The van der Waals surface area contributed by atoms with Gasteiger partial charge >= 0.3 is 0 Å². The highest BCUT2D eigenvalue weighted by Gasteiger charge is 2.14. The third-order valence-corrected chi connectivity index (χ3v) is 4.56. The van der Waals surface area contributed by atoms with Crippen LogP contribution in [-0.2, 0) is 5.41 Å². The number of hydrogen-bond acceptors (Lipinski definition) is 4. The highest BCUT2D eigenvalue weighted by molar-refractivity contribution is 6.03. The molecule has 2 N–H and O–H groups in total. The minimum absolute atomic E-state index is 0.0782. The lowest BCUT2D eigenvalue weighted by Gasteiger charge is -2.19. The Morgan fingerprint density at radius 2 is 1.57 bits per heavy atom. The molecule has 0 saturated carbocycles. The van der Waals surface area contributed by atoms with Gasteiger partial charge in [0.15, 0.2) is 0 Å². The van der Waals surface area contributed by atoms with Gasteiger partial charge in [0.2, 0.25) is 5.95 Å². The predicted molar refractivity (Wildman–Crippen MR) is 114 cm³/mol. The highest BCUT2D eigenvalue weighted by Crippen LogP contribution is 2.24. The van der Waals surface area contributed by atoms with Crippen molar-refractivity contribution in [3.8, 4) is 0 Å². The average molecular weight is 374 g/mol. The van der Waals surface area contributed by atoms with Crippen LogP contribution in [0.5, 0.6) is 0 Å². The fourth-order valence-corrected chi connectivity index (χ4v) is 2.76. The first-order valence-corrected chi connectivity index (χ1v) is 9.30. The summed E-state index contributed by atoms with van der Waals surface area (Å²) >= 11 is 0. The molecule has 1 amide bonds. The van der Waals surface area contributed by atoms with Gasteiger partial charge in [-0.1, -0.05) is 45.0 Å². The highest BCUT2D eigenvalue weighted by atomic mass is 16.1. The van der Waals surface area contributed by atoms with E-state index in [0.29, 0.717) is 11.5 Å². The van der Waals surface area contributed by atoms with Crippen molar-refractivity contribution in [2.75, 3.05) is 10.6 Å². The molecule has 1 heterocycles. The molecule has 3 rings (SSSR count). The van der Waals surface area contributed by atoms with E-state index in [0.717, 1.165) is 22.5 Å². The van der Waals surface area contributed by atoms with Gasteiger partial charge in [0.25, 0.3) is 5.91 Å². The predicted octanol–water partition coefficient (Wildman–Crippen LogP) is 5.39. The number of hydrogen-bond donors (Lipinski definition) is 2. The Morgan fingerprint density at radius 3 is 2.18 bits per heavy atom. The number of anilines is 3. The lowest BCUT2D eigenvalue weighted by molar-refractivity contribution is 0.102. The standard InChI is InChI=1S/C23H26N4O/c1-15-6-7-16(2)20(12-15)27-22-24-13-17(14-25-22)21(28)26-19-10-8-18(9-11-19)23(3,4)5/h6-14H,1-5H3,(H,26,28)(H,24,25,27). The van der Waals surface area contributed by atoms with Gasteiger partial charge in [0.05, 0.1) is 5.56 Å². The minimum Gasteiger partial charge on any atom is -0.324 e. The molecular formula is C23H26N4O. The number of amides is 1. The molecule has 0 fully saturated rings. The molecule has 1 aromatic heterocycles. The monoisotopic (exact) mass is 374 g/mol. The molecule has 144 valence electrons. The number of rotatable bonds is 4. The second-order valence-corrected chi connectivity index (χ2v) is 8.02. The molecule has 3 aromatic rings. The topological polar surface area (TPSA) is 66.9 Å². The summed E-state index contributed by atoms with van der Waals surface area (Å²) in [6, 6.07) is 14.0. The Balaban J connectivity index is 1.67. The molecule has 0 aliphatic carbocycles. The molecule has 28 heavy (non-hydrogen) atoms. The fourth-order valence-electron chi connectivity index (χ4n) is 2.76. The van der Waals surface area contributed by atoms with E-state index in [4.69, 9.17) is 0 Å². The van der Waals surface area contributed by atoms with Crippen molar-refractivity contribution in [2.45, 2.75) is 40.0 Å². The van der Waals surface area contributed by atoms with E-state index in [1.165, 1.54) is 18.0 Å². The van der Waals surface area contributed by atoms with E-state index in [1.807, 2.05) is 50.2 Å². The smallest absolute Gasteiger partial charge is 0.258 e. The van der Waals surface area contributed by atoms with Crippen LogP contribution in [0.4, 0.5) is 17.3 Å². The Kier molecular flexibility index (Phi) is 5.45. The zero-order valence-electron chi connectivity index (χ0n) is 17.0. The van der Waals surface area contributed by atoms with E-state index in [1.54, 1.807) is 0 Å². The number of carbonyl (C=O) groups excluding carboxylic acids is 1. The van der Waals surface area contributed by atoms with Crippen LogP contribution in [0.1, 0.15) is 47.8 Å². The van der Waals surface area contributed by atoms with Crippen LogP contribution in [-0.4, -0.2) is 15.9 Å². The van der Waals surface area contributed by atoms with Crippen molar-refractivity contribution in [3.63, 3.8) is 0 Å². The fraction of sp³-hybridized carbons (Fsp3) is 0.261. The number of nitrogens with one attached hydrogen (secondary N) is 2. The minimum atomic E-state index is -0.234. The molecule has 0 bridgehead atoms. The molecule has 0 spiro atoms. The van der Waals surface area contributed by atoms with Crippen molar-refractivity contribution in [1.82, 2.24) is 9.97 Å². The van der Waals surface area contributed by atoms with Gasteiger partial charge in [-0.05, 0) is 54.2 Å². The maximum absolute atomic E-state index is 12.5. The largest absolute Gasteiger partial charge is 0.324 e. The molecule has 0 saturated heterocycles. The van der Waals surface area contributed by atoms with Crippen LogP contribution >= 0.6 is 0 Å². The average Bonchev–Trinajstić information content (AvgIpc) is 2.65. The summed E-state index contributed by atoms with van der Waals surface area (Å²) in [5.74, 6) is 0.224. The molecule has 0 radical (unpaired) electrons. The Labute approximate surface area is 166 Å². The van der Waals surface area contributed by atoms with Crippen molar-refractivity contribution >= 4 is 23.2 Å². The summed E-state index contributed by atoms with van der Waals surface area (Å²) in [6.07, 6.45) is 3.05. The zero-order valence-corrected chi connectivity index (χ0v) is 17.0. The van der Waals surface area contributed by atoms with Crippen molar-refractivity contribution in [2.24, 2.45) is 0 Å². The van der Waals surface area contributed by atoms with E-state index < -0.39 is 0 Å². The molecule has 5 heteroatoms. The molecule has 0 unspecified atom stereocenters. The first-order chi connectivity index (χ1) is 13.2. The van der Waals surface area contributed by atoms with Gasteiger partial charge < -0.3 is 10.6 Å². The molecular weight excluding hydrogens is 348 g/mol. The maximum atomic E-state index is 12.5. The maximum Gasteiger partial charge on any atom is 0.258 e. The van der Waals surface area contributed by atoms with Crippen LogP contribution < -0.4 is 10.6 Å². The molecule has 0 aliphatic rings. The number of benzene rings is 2. The zero-order chi connectivity index (χ0) is 20.3. The quantitative estimate of drug-likeness (QED) is 0.643. The Hall–Kier alpha value is -3.21. The number of nitrogens with zero attached hydrogens (tertiary/aromatic N) is 2. The Bertz CT molecular complexity index is 971. The third kappa shape index (κ3) is 4.74. The van der Waals surface area contributed by atoms with Crippen LogP contribution in [0.15, 0.2) is 54.9 Å². The normalized spacial score (nSPS) is 11.2. The van der Waals surface area contributed by atoms with Gasteiger partial charge in [0, 0.05) is 23.8 Å².